The molecule has 11 nitrogen and oxygen atoms in total. The van der Waals surface area contributed by atoms with E-state index in [1.54, 1.807) is 46.2 Å². The highest BCUT2D eigenvalue weighted by Crippen LogP contribution is 2.41. The Morgan fingerprint density at radius 2 is 1.56 bits per heavy atom. The monoisotopic (exact) mass is 698 g/mol. The van der Waals surface area contributed by atoms with E-state index in [9.17, 15) is 24.0 Å². The van der Waals surface area contributed by atoms with Gasteiger partial charge >= 0.3 is 6.03 Å². The van der Waals surface area contributed by atoms with Crippen molar-refractivity contribution in [2.75, 3.05) is 37.6 Å². The first-order valence-electron chi connectivity index (χ1n) is 17.3. The molecule has 6 rings (SSSR count). The maximum Gasteiger partial charge on any atom is 0.332 e. The van der Waals surface area contributed by atoms with Crippen molar-refractivity contribution in [3.63, 3.8) is 0 Å². The van der Waals surface area contributed by atoms with E-state index in [1.165, 1.54) is 4.90 Å². The summed E-state index contributed by atoms with van der Waals surface area (Å²) in [6.07, 6.45) is 1.11. The number of carbonyl (C=O) groups is 5. The molecule has 3 aromatic rings. The lowest BCUT2D eigenvalue weighted by atomic mass is 9.85. The summed E-state index contributed by atoms with van der Waals surface area (Å²) in [7, 11) is 0. The number of carbonyl (C=O) groups excluding carboxylic acids is 5. The van der Waals surface area contributed by atoms with Gasteiger partial charge in [0.2, 0.25) is 17.7 Å². The Morgan fingerprint density at radius 1 is 0.920 bits per heavy atom. The number of imide groups is 1. The Morgan fingerprint density at radius 3 is 2.22 bits per heavy atom. The number of nitrogens with zero attached hydrogens (tertiary/aromatic N) is 4. The molecule has 2 N–H and O–H groups in total. The van der Waals surface area contributed by atoms with Gasteiger partial charge in [0.05, 0.1) is 6.04 Å². The predicted octanol–water partition coefficient (Wildman–Crippen LogP) is 3.78. The normalized spacial score (nSPS) is 18.9. The predicted molar refractivity (Wildman–Crippen MR) is 190 cm³/mol. The first kappa shape index (κ1) is 35.1. The molecule has 0 bridgehead atoms. The van der Waals surface area contributed by atoms with Gasteiger partial charge in [-0.25, -0.2) is 4.79 Å². The molecule has 3 heterocycles. The Labute approximate surface area is 297 Å². The first-order chi connectivity index (χ1) is 24.1. The van der Waals surface area contributed by atoms with Crippen molar-refractivity contribution in [3.05, 3.63) is 101 Å². The number of piperidine rings is 1. The number of halogens is 1. The summed E-state index contributed by atoms with van der Waals surface area (Å²) in [5.74, 6) is -1.27. The van der Waals surface area contributed by atoms with Crippen LogP contribution >= 0.6 is 11.6 Å². The number of nitrogens with one attached hydrogen (secondary N) is 2. The van der Waals surface area contributed by atoms with Crippen LogP contribution in [0.25, 0.3) is 0 Å². The van der Waals surface area contributed by atoms with Crippen LogP contribution in [-0.4, -0.2) is 94.7 Å². The quantitative estimate of drug-likeness (QED) is 0.311. The van der Waals surface area contributed by atoms with E-state index in [1.807, 2.05) is 56.3 Å². The molecule has 3 aromatic carbocycles. The van der Waals surface area contributed by atoms with Gasteiger partial charge in [-0.15, -0.1) is 0 Å². The molecule has 12 heteroatoms. The molecule has 3 aliphatic heterocycles. The molecule has 0 aromatic heterocycles. The molecule has 0 radical (unpaired) electrons. The number of likely N-dealkylation sites (N-methyl/N-ethyl adjacent to an activating group) is 1. The summed E-state index contributed by atoms with van der Waals surface area (Å²) in [5.41, 5.74) is 2.38. The summed E-state index contributed by atoms with van der Waals surface area (Å²) < 4.78 is 0. The summed E-state index contributed by atoms with van der Waals surface area (Å²) >= 11 is 6.13. The lowest BCUT2D eigenvalue weighted by Crippen LogP contribution is -2.61. The van der Waals surface area contributed by atoms with Gasteiger partial charge < -0.3 is 20.4 Å². The van der Waals surface area contributed by atoms with Gasteiger partial charge in [0, 0.05) is 49.9 Å². The Hall–Kier alpha value is -4.74. The number of hydrogen-bond acceptors (Lipinski definition) is 6. The van der Waals surface area contributed by atoms with Crippen LogP contribution < -0.4 is 15.5 Å². The molecule has 0 aliphatic carbocycles. The number of likely N-dealkylation sites (tertiary alicyclic amines) is 1. The van der Waals surface area contributed by atoms with Gasteiger partial charge in [-0.2, -0.15) is 0 Å². The van der Waals surface area contributed by atoms with Crippen molar-refractivity contribution >= 4 is 46.9 Å². The maximum absolute atomic E-state index is 14.3. The maximum atomic E-state index is 14.3. The Bertz CT molecular complexity index is 1740. The highest BCUT2D eigenvalue weighted by molar-refractivity contribution is 6.30. The Balaban J connectivity index is 1.22. The zero-order valence-corrected chi connectivity index (χ0v) is 29.2. The van der Waals surface area contributed by atoms with Crippen LogP contribution in [0.1, 0.15) is 43.4 Å². The molecule has 0 unspecified atom stereocenters. The Kier molecular flexibility index (Phi) is 10.5. The molecule has 2 saturated heterocycles. The third-order valence-corrected chi connectivity index (χ3v) is 10.4. The lowest BCUT2D eigenvalue weighted by Gasteiger charge is -2.43. The van der Waals surface area contributed by atoms with Gasteiger partial charge in [-0.3, -0.25) is 29.0 Å². The van der Waals surface area contributed by atoms with E-state index in [2.05, 4.69) is 10.6 Å². The number of urea groups is 1. The summed E-state index contributed by atoms with van der Waals surface area (Å²) in [5, 5.41) is 6.90. The molecular weight excluding hydrogens is 656 g/mol. The molecular formula is C38H43ClN6O5. The topological polar surface area (TPSA) is 122 Å². The molecule has 2 atom stereocenters. The van der Waals surface area contributed by atoms with Crippen LogP contribution in [0.15, 0.2) is 78.9 Å². The van der Waals surface area contributed by atoms with Crippen LogP contribution in [0.4, 0.5) is 10.5 Å². The highest BCUT2D eigenvalue weighted by Gasteiger charge is 2.59. The lowest BCUT2D eigenvalue weighted by molar-refractivity contribution is -0.142. The third-order valence-electron chi connectivity index (χ3n) is 10.2. The zero-order chi connectivity index (χ0) is 35.4. The second-order valence-electron chi connectivity index (χ2n) is 13.1. The fraction of sp³-hybridized carbons (Fsp3) is 0.395. The van der Waals surface area contributed by atoms with Crippen molar-refractivity contribution in [2.24, 2.45) is 0 Å². The number of amides is 6. The SMILES string of the molecule is CCN(CC)C(=O)CN1C(=O)N(c2ccccc2)C2(CCN(C(=O)[C@@H](Cc3ccc(Cl)cc3)NC(=O)[C@H]3Cc4ccccc4CN3)CC2)C1=O. The molecule has 0 saturated carbocycles. The van der Waals surface area contributed by atoms with Crippen LogP contribution in [0.2, 0.25) is 5.02 Å². The van der Waals surface area contributed by atoms with Crippen molar-refractivity contribution in [3.8, 4) is 0 Å². The third kappa shape index (κ3) is 6.97. The van der Waals surface area contributed by atoms with Crippen molar-refractivity contribution in [1.82, 2.24) is 25.3 Å². The number of fused-ring (bicyclic) bond motifs is 1. The van der Waals surface area contributed by atoms with E-state index < -0.39 is 29.6 Å². The van der Waals surface area contributed by atoms with Crippen molar-refractivity contribution in [1.29, 1.82) is 0 Å². The van der Waals surface area contributed by atoms with Gasteiger partial charge in [-0.1, -0.05) is 66.2 Å². The standard InChI is InChI=1S/C38H43ClN6O5/c1-3-42(4-2)33(46)25-44-36(49)38(45(37(44)50)30-12-6-5-7-13-30)18-20-43(21-19-38)35(48)32(22-26-14-16-29(39)17-15-26)41-34(47)31-23-27-10-8-9-11-28(27)24-40-31/h5-17,31-32,40H,3-4,18-25H2,1-2H3,(H,41,47)/t31-,32-/m1/s1. The average Bonchev–Trinajstić information content (AvgIpc) is 3.33. The van der Waals surface area contributed by atoms with Crippen molar-refractivity contribution < 1.29 is 24.0 Å². The van der Waals surface area contributed by atoms with Crippen LogP contribution in [0, 0.1) is 0 Å². The van der Waals surface area contributed by atoms with Crippen LogP contribution in [-0.2, 0) is 38.6 Å². The van der Waals surface area contributed by atoms with Gasteiger partial charge in [0.1, 0.15) is 18.1 Å². The fourth-order valence-electron chi connectivity index (χ4n) is 7.35. The van der Waals surface area contributed by atoms with Gasteiger partial charge in [0.25, 0.3) is 5.91 Å². The molecule has 50 heavy (non-hydrogen) atoms. The molecule has 2 fully saturated rings. The summed E-state index contributed by atoms with van der Waals surface area (Å²) in [6, 6.07) is 22.2. The number of anilines is 1. The van der Waals surface area contributed by atoms with E-state index in [-0.39, 0.29) is 56.6 Å². The van der Waals surface area contributed by atoms with E-state index in [0.29, 0.717) is 36.8 Å². The number of para-hydroxylation sites is 1. The molecule has 262 valence electrons. The molecule has 3 aliphatic rings. The smallest absolute Gasteiger partial charge is 0.332 e. The average molecular weight is 699 g/mol. The van der Waals surface area contributed by atoms with Crippen LogP contribution in [0.5, 0.6) is 0 Å². The minimum absolute atomic E-state index is 0.177. The molecule has 1 spiro atoms. The summed E-state index contributed by atoms with van der Waals surface area (Å²) in [4.78, 5) is 75.0. The number of benzene rings is 3. The number of rotatable bonds is 10. The van der Waals surface area contributed by atoms with E-state index in [4.69, 9.17) is 11.6 Å². The highest BCUT2D eigenvalue weighted by atomic mass is 35.5. The minimum atomic E-state index is -1.26. The minimum Gasteiger partial charge on any atom is -0.343 e. The fourth-order valence-corrected chi connectivity index (χ4v) is 7.47. The number of hydrogen-bond donors (Lipinski definition) is 2. The second-order valence-corrected chi connectivity index (χ2v) is 13.5. The summed E-state index contributed by atoms with van der Waals surface area (Å²) in [6.45, 7) is 5.21. The first-order valence-corrected chi connectivity index (χ1v) is 17.7. The second kappa shape index (κ2) is 15.0. The largest absolute Gasteiger partial charge is 0.343 e. The van der Waals surface area contributed by atoms with Crippen molar-refractivity contribution in [2.45, 2.75) is 63.7 Å². The zero-order valence-electron chi connectivity index (χ0n) is 28.4. The molecule has 6 amide bonds. The van der Waals surface area contributed by atoms with E-state index >= 15 is 0 Å². The van der Waals surface area contributed by atoms with Gasteiger partial charge in [0.15, 0.2) is 0 Å². The van der Waals surface area contributed by atoms with Gasteiger partial charge in [-0.05, 0) is 74.1 Å². The van der Waals surface area contributed by atoms with E-state index in [0.717, 1.165) is 21.6 Å². The van der Waals surface area contributed by atoms with Crippen LogP contribution in [0.3, 0.4) is 0 Å².